The Hall–Kier alpha value is -4.16. The highest BCUT2D eigenvalue weighted by molar-refractivity contribution is 5.98. The van der Waals surface area contributed by atoms with Gasteiger partial charge in [0.05, 0.1) is 25.1 Å². The molecule has 4 N–H and O–H groups in total. The van der Waals surface area contributed by atoms with Gasteiger partial charge in [-0.2, -0.15) is 0 Å². The topological polar surface area (TPSA) is 132 Å². The highest BCUT2D eigenvalue weighted by Crippen LogP contribution is 2.27. The van der Waals surface area contributed by atoms with Crippen molar-refractivity contribution in [3.63, 3.8) is 0 Å². The third kappa shape index (κ3) is 8.45. The molecule has 2 atom stereocenters. The Balaban J connectivity index is 1.53. The molecule has 230 valence electrons. The van der Waals surface area contributed by atoms with Crippen LogP contribution in [0.25, 0.3) is 0 Å². The maximum Gasteiger partial charge on any atom is 0.250 e. The first-order valence-electron chi connectivity index (χ1n) is 14.2. The lowest BCUT2D eigenvalue weighted by molar-refractivity contribution is -0.135. The molecule has 3 aromatic rings. The molecule has 10 nitrogen and oxygen atoms in total. The minimum Gasteiger partial charge on any atom is -0.374 e. The molecule has 1 saturated heterocycles. The second-order valence-corrected chi connectivity index (χ2v) is 11.5. The van der Waals surface area contributed by atoms with E-state index >= 15 is 0 Å². The fourth-order valence-electron chi connectivity index (χ4n) is 4.68. The summed E-state index contributed by atoms with van der Waals surface area (Å²) in [6, 6.07) is 10.5. The van der Waals surface area contributed by atoms with E-state index in [0.29, 0.717) is 19.0 Å². The molecule has 1 aliphatic heterocycles. The number of amides is 3. The quantitative estimate of drug-likeness (QED) is 0.311. The fourth-order valence-corrected chi connectivity index (χ4v) is 4.68. The van der Waals surface area contributed by atoms with Gasteiger partial charge in [-0.3, -0.25) is 14.4 Å². The van der Waals surface area contributed by atoms with Gasteiger partial charge in [0.25, 0.3) is 5.91 Å². The Bertz CT molecular complexity index is 1420. The summed E-state index contributed by atoms with van der Waals surface area (Å²) < 4.78 is 35.2. The van der Waals surface area contributed by atoms with Crippen LogP contribution in [0.5, 0.6) is 0 Å². The largest absolute Gasteiger partial charge is 0.374 e. The second kappa shape index (κ2) is 13.9. The van der Waals surface area contributed by atoms with E-state index in [1.54, 1.807) is 4.90 Å². The van der Waals surface area contributed by atoms with Gasteiger partial charge in [-0.15, -0.1) is 0 Å². The van der Waals surface area contributed by atoms with Crippen LogP contribution >= 0.6 is 0 Å². The van der Waals surface area contributed by atoms with Crippen LogP contribution in [0.15, 0.2) is 61.1 Å². The van der Waals surface area contributed by atoms with Gasteiger partial charge in [-0.05, 0) is 55.9 Å². The van der Waals surface area contributed by atoms with Gasteiger partial charge in [0.15, 0.2) is 17.5 Å². The van der Waals surface area contributed by atoms with E-state index in [0.717, 1.165) is 30.5 Å². The zero-order valence-corrected chi connectivity index (χ0v) is 24.6. The molecule has 2 unspecified atom stereocenters. The molecular formula is C31H38F2N6O4. The van der Waals surface area contributed by atoms with Crippen LogP contribution in [0.3, 0.4) is 0 Å². The lowest BCUT2D eigenvalue weighted by Gasteiger charge is -2.33. The number of likely N-dealkylation sites (tertiary alicyclic amines) is 1. The van der Waals surface area contributed by atoms with E-state index in [9.17, 15) is 23.2 Å². The van der Waals surface area contributed by atoms with Crippen molar-refractivity contribution in [2.24, 2.45) is 11.7 Å². The van der Waals surface area contributed by atoms with Crippen molar-refractivity contribution in [1.82, 2.24) is 19.8 Å². The number of rotatable bonds is 11. The fraction of sp³-hybridized carbons (Fsp3) is 0.419. The molecule has 3 amide bonds. The lowest BCUT2D eigenvalue weighted by atomic mass is 9.97. The summed E-state index contributed by atoms with van der Waals surface area (Å²) in [6.07, 6.45) is 4.44. The number of imidazole rings is 1. The van der Waals surface area contributed by atoms with Gasteiger partial charge in [-0.1, -0.05) is 43.3 Å². The van der Waals surface area contributed by atoms with Crippen molar-refractivity contribution in [3.8, 4) is 0 Å². The summed E-state index contributed by atoms with van der Waals surface area (Å²) in [7, 11) is 0. The number of ether oxygens (including phenoxy) is 1. The van der Waals surface area contributed by atoms with Crippen molar-refractivity contribution < 1.29 is 27.9 Å². The van der Waals surface area contributed by atoms with E-state index in [-0.39, 0.29) is 30.5 Å². The van der Waals surface area contributed by atoms with Crippen LogP contribution in [0.1, 0.15) is 50.8 Å². The Morgan fingerprint density at radius 3 is 2.44 bits per heavy atom. The lowest BCUT2D eigenvalue weighted by Crippen LogP contribution is -2.56. The van der Waals surface area contributed by atoms with Crippen LogP contribution in [-0.4, -0.2) is 63.4 Å². The Morgan fingerprint density at radius 1 is 1.09 bits per heavy atom. The number of nitrogens with zero attached hydrogens (tertiary/aromatic N) is 3. The van der Waals surface area contributed by atoms with Gasteiger partial charge in [0, 0.05) is 19.3 Å². The molecule has 0 spiro atoms. The van der Waals surface area contributed by atoms with E-state index in [1.165, 1.54) is 37.0 Å². The Kier molecular flexibility index (Phi) is 10.3. The average molecular weight is 597 g/mol. The molecule has 4 rings (SSSR count). The van der Waals surface area contributed by atoms with Gasteiger partial charge in [0.2, 0.25) is 11.8 Å². The van der Waals surface area contributed by atoms with Gasteiger partial charge in [-0.25, -0.2) is 13.8 Å². The van der Waals surface area contributed by atoms with Crippen molar-refractivity contribution in [2.75, 3.05) is 25.0 Å². The summed E-state index contributed by atoms with van der Waals surface area (Å²) in [6.45, 7) is 6.31. The Labute approximate surface area is 249 Å². The summed E-state index contributed by atoms with van der Waals surface area (Å²) >= 11 is 0. The van der Waals surface area contributed by atoms with Crippen molar-refractivity contribution in [3.05, 3.63) is 83.8 Å². The van der Waals surface area contributed by atoms with E-state index < -0.39 is 41.1 Å². The molecule has 2 heterocycles. The summed E-state index contributed by atoms with van der Waals surface area (Å²) in [4.78, 5) is 45.5. The normalized spacial score (nSPS) is 15.5. The first-order chi connectivity index (χ1) is 20.4. The molecule has 0 aliphatic carbocycles. The second-order valence-electron chi connectivity index (χ2n) is 11.5. The van der Waals surface area contributed by atoms with E-state index in [2.05, 4.69) is 22.5 Å². The number of nitrogens with one attached hydrogen (secondary N) is 2. The monoisotopic (exact) mass is 596 g/mol. The van der Waals surface area contributed by atoms with Gasteiger partial charge >= 0.3 is 0 Å². The van der Waals surface area contributed by atoms with Crippen molar-refractivity contribution >= 4 is 23.5 Å². The average Bonchev–Trinajstić information content (AvgIpc) is 3.42. The van der Waals surface area contributed by atoms with Crippen LogP contribution in [0, 0.1) is 17.6 Å². The zero-order chi connectivity index (χ0) is 31.1. The molecule has 43 heavy (non-hydrogen) atoms. The number of hydrogen-bond donors (Lipinski definition) is 3. The zero-order valence-electron chi connectivity index (χ0n) is 24.6. The van der Waals surface area contributed by atoms with Crippen LogP contribution < -0.4 is 16.4 Å². The third-order valence-corrected chi connectivity index (χ3v) is 7.34. The molecule has 0 bridgehead atoms. The molecule has 12 heteroatoms. The molecule has 1 aromatic heterocycles. The number of carbonyl (C=O) groups excluding carboxylic acids is 3. The highest BCUT2D eigenvalue weighted by Gasteiger charge is 2.32. The van der Waals surface area contributed by atoms with Crippen LogP contribution in [0.4, 0.5) is 14.6 Å². The van der Waals surface area contributed by atoms with Crippen molar-refractivity contribution in [1.29, 1.82) is 0 Å². The minimum absolute atomic E-state index is 0.0898. The maximum absolute atomic E-state index is 14.2. The summed E-state index contributed by atoms with van der Waals surface area (Å²) in [5, 5.41) is 5.28. The smallest absolute Gasteiger partial charge is 0.250 e. The summed E-state index contributed by atoms with van der Waals surface area (Å²) in [5.74, 6) is -2.99. The van der Waals surface area contributed by atoms with E-state index in [1.807, 2.05) is 30.3 Å². The number of aromatic nitrogens is 2. The third-order valence-electron chi connectivity index (χ3n) is 7.34. The maximum atomic E-state index is 14.2. The van der Waals surface area contributed by atoms with E-state index in [4.69, 9.17) is 10.5 Å². The minimum atomic E-state index is -1.25. The number of carbonyl (C=O) groups is 3. The SMILES string of the molecule is CC1CCN(C(=O)C(c2ccc(F)c(F)c2)n2cnc(NC(=O)C(COCc3ccccc3)NC(=O)C(C)(C)N)c2)CC1. The van der Waals surface area contributed by atoms with Gasteiger partial charge < -0.3 is 30.6 Å². The number of halogens is 2. The molecule has 1 fully saturated rings. The summed E-state index contributed by atoms with van der Waals surface area (Å²) in [5.41, 5.74) is 5.81. The molecule has 0 saturated carbocycles. The van der Waals surface area contributed by atoms with Crippen LogP contribution in [0.2, 0.25) is 0 Å². The predicted molar refractivity (Wildman–Crippen MR) is 157 cm³/mol. The Morgan fingerprint density at radius 2 is 1.79 bits per heavy atom. The predicted octanol–water partition coefficient (Wildman–Crippen LogP) is 3.39. The van der Waals surface area contributed by atoms with Crippen LogP contribution in [-0.2, 0) is 25.7 Å². The van der Waals surface area contributed by atoms with Gasteiger partial charge in [0.1, 0.15) is 12.1 Å². The molecular weight excluding hydrogens is 558 g/mol. The molecule has 2 aromatic carbocycles. The number of hydrogen-bond acceptors (Lipinski definition) is 6. The molecule has 1 aliphatic rings. The van der Waals surface area contributed by atoms with Crippen molar-refractivity contribution in [2.45, 2.75) is 57.8 Å². The highest BCUT2D eigenvalue weighted by atomic mass is 19.2. The number of nitrogens with two attached hydrogens (primary N) is 1. The molecule has 0 radical (unpaired) electrons. The first kappa shape index (κ1) is 31.8. The number of piperidine rings is 1. The first-order valence-corrected chi connectivity index (χ1v) is 14.2. The number of benzene rings is 2. The number of anilines is 1. The standard InChI is InChI=1S/C31H38F2N6O4/c1-20-11-13-38(14-12-20)29(41)27(22-9-10-23(32)24(33)15-22)39-16-26(35-19-39)37-28(40)25(36-30(42)31(2,3)34)18-43-17-21-7-5-4-6-8-21/h4-10,15-16,19-20,25,27H,11-14,17-18,34H2,1-3H3,(H,36,42)(H,37,40).